The van der Waals surface area contributed by atoms with Crippen LogP contribution in [0.2, 0.25) is 0 Å². The molecule has 142 valence electrons. The maximum absolute atomic E-state index is 12.5. The zero-order chi connectivity index (χ0) is 19.7. The summed E-state index contributed by atoms with van der Waals surface area (Å²) < 4.78 is 3.06. The monoisotopic (exact) mass is 377 g/mol. The number of hydrogen-bond acceptors (Lipinski definition) is 4. The number of benzene rings is 1. The van der Waals surface area contributed by atoms with E-state index >= 15 is 0 Å². The molecule has 28 heavy (non-hydrogen) atoms. The molecular weight excluding hydrogens is 358 g/mol. The number of carbonyl (C=O) groups is 1. The Bertz CT molecular complexity index is 1300. The largest absolute Gasteiger partial charge is 0.354 e. The molecule has 0 aliphatic rings. The summed E-state index contributed by atoms with van der Waals surface area (Å²) in [4.78, 5) is 43.5. The van der Waals surface area contributed by atoms with Gasteiger partial charge in [0.25, 0.3) is 5.56 Å². The van der Waals surface area contributed by atoms with Crippen molar-refractivity contribution in [1.29, 1.82) is 0 Å². The molecule has 2 N–H and O–H groups in total. The third-order valence-electron chi connectivity index (χ3n) is 4.74. The summed E-state index contributed by atoms with van der Waals surface area (Å²) in [5.74, 6) is -0.164. The number of nitrogens with zero attached hydrogens (tertiary/aromatic N) is 3. The van der Waals surface area contributed by atoms with E-state index in [4.69, 9.17) is 0 Å². The van der Waals surface area contributed by atoms with Gasteiger partial charge in [0.05, 0.1) is 11.8 Å². The number of aromatic nitrogens is 4. The van der Waals surface area contributed by atoms with Gasteiger partial charge in [-0.3, -0.25) is 19.1 Å². The first-order valence-corrected chi connectivity index (χ1v) is 8.92. The molecule has 0 bridgehead atoms. The Morgan fingerprint density at radius 3 is 2.79 bits per heavy atom. The molecule has 0 saturated carbocycles. The molecule has 0 aliphatic heterocycles. The first-order chi connectivity index (χ1) is 13.5. The van der Waals surface area contributed by atoms with Crippen LogP contribution in [0.4, 0.5) is 0 Å². The molecule has 1 aromatic carbocycles. The number of para-hydroxylation sites is 1. The lowest BCUT2D eigenvalue weighted by molar-refractivity contribution is -0.120. The molecular formula is C20H19N5O3. The number of aromatic amines is 1. The molecule has 0 radical (unpaired) electrons. The van der Waals surface area contributed by atoms with E-state index in [1.807, 2.05) is 42.1 Å². The summed E-state index contributed by atoms with van der Waals surface area (Å²) in [5.41, 5.74) is 1.29. The number of hydrogen-bond donors (Lipinski definition) is 2. The molecule has 0 saturated heterocycles. The second kappa shape index (κ2) is 7.15. The Morgan fingerprint density at radius 1 is 1.14 bits per heavy atom. The van der Waals surface area contributed by atoms with Crippen LogP contribution in [0.3, 0.4) is 0 Å². The molecule has 0 atom stereocenters. The Hall–Kier alpha value is -3.68. The van der Waals surface area contributed by atoms with Crippen molar-refractivity contribution in [2.24, 2.45) is 7.05 Å². The van der Waals surface area contributed by atoms with Gasteiger partial charge in [-0.25, -0.2) is 9.78 Å². The van der Waals surface area contributed by atoms with E-state index in [0.717, 1.165) is 21.0 Å². The van der Waals surface area contributed by atoms with Crippen LogP contribution in [-0.2, 0) is 24.8 Å². The van der Waals surface area contributed by atoms with Crippen LogP contribution in [0.1, 0.15) is 5.56 Å². The SMILES string of the molecule is Cn1cc(CC(=O)NCCn2c(=O)[nH]c3ncccc3c2=O)c2ccccc21. The quantitative estimate of drug-likeness (QED) is 0.540. The summed E-state index contributed by atoms with van der Waals surface area (Å²) in [7, 11) is 1.94. The molecule has 8 nitrogen and oxygen atoms in total. The maximum atomic E-state index is 12.5. The molecule has 8 heteroatoms. The predicted octanol–water partition coefficient (Wildman–Crippen LogP) is 0.935. The molecule has 3 heterocycles. The lowest BCUT2D eigenvalue weighted by atomic mass is 10.1. The van der Waals surface area contributed by atoms with Crippen LogP contribution >= 0.6 is 0 Å². The summed E-state index contributed by atoms with van der Waals surface area (Å²) in [5, 5.41) is 4.15. The molecule has 0 spiro atoms. The minimum atomic E-state index is -0.542. The predicted molar refractivity (Wildman–Crippen MR) is 106 cm³/mol. The van der Waals surface area contributed by atoms with Gasteiger partial charge in [0.2, 0.25) is 5.91 Å². The molecule has 1 amide bonds. The summed E-state index contributed by atoms with van der Waals surface area (Å²) in [6.45, 7) is 0.263. The van der Waals surface area contributed by atoms with Crippen LogP contribution in [0.15, 0.2) is 58.4 Å². The fourth-order valence-corrected chi connectivity index (χ4v) is 3.40. The molecule has 4 rings (SSSR count). The van der Waals surface area contributed by atoms with Crippen molar-refractivity contribution >= 4 is 27.8 Å². The Labute approximate surface area is 159 Å². The normalized spacial score (nSPS) is 11.2. The van der Waals surface area contributed by atoms with Crippen molar-refractivity contribution in [3.63, 3.8) is 0 Å². The average Bonchev–Trinajstić information content (AvgIpc) is 3.00. The van der Waals surface area contributed by atoms with E-state index in [1.54, 1.807) is 12.1 Å². The van der Waals surface area contributed by atoms with Crippen LogP contribution in [-0.4, -0.2) is 31.6 Å². The number of pyridine rings is 1. The highest BCUT2D eigenvalue weighted by Crippen LogP contribution is 2.20. The van der Waals surface area contributed by atoms with E-state index in [2.05, 4.69) is 15.3 Å². The van der Waals surface area contributed by atoms with Crippen LogP contribution in [0, 0.1) is 0 Å². The highest BCUT2D eigenvalue weighted by molar-refractivity contribution is 5.89. The van der Waals surface area contributed by atoms with Gasteiger partial charge in [-0.15, -0.1) is 0 Å². The van der Waals surface area contributed by atoms with Gasteiger partial charge in [-0.2, -0.15) is 0 Å². The smallest absolute Gasteiger partial charge is 0.330 e. The topological polar surface area (TPSA) is 102 Å². The number of H-pyrrole nitrogens is 1. The lowest BCUT2D eigenvalue weighted by Gasteiger charge is -2.07. The van der Waals surface area contributed by atoms with Gasteiger partial charge < -0.3 is 9.88 Å². The van der Waals surface area contributed by atoms with E-state index < -0.39 is 11.2 Å². The van der Waals surface area contributed by atoms with Crippen molar-refractivity contribution in [2.45, 2.75) is 13.0 Å². The lowest BCUT2D eigenvalue weighted by Crippen LogP contribution is -2.39. The van der Waals surface area contributed by atoms with E-state index in [9.17, 15) is 14.4 Å². The Balaban J connectivity index is 1.45. The first kappa shape index (κ1) is 17.7. The van der Waals surface area contributed by atoms with Gasteiger partial charge in [0.15, 0.2) is 0 Å². The fourth-order valence-electron chi connectivity index (χ4n) is 3.40. The third kappa shape index (κ3) is 3.20. The van der Waals surface area contributed by atoms with Crippen molar-refractivity contribution in [3.8, 4) is 0 Å². The zero-order valence-electron chi connectivity index (χ0n) is 15.3. The van der Waals surface area contributed by atoms with Gasteiger partial charge in [0, 0.05) is 43.4 Å². The Kier molecular flexibility index (Phi) is 4.52. The number of amides is 1. The van der Waals surface area contributed by atoms with E-state index in [-0.39, 0.29) is 31.1 Å². The summed E-state index contributed by atoms with van der Waals surface area (Å²) >= 11 is 0. The molecule has 0 fully saturated rings. The van der Waals surface area contributed by atoms with Crippen molar-refractivity contribution in [3.05, 3.63) is 75.2 Å². The molecule has 3 aromatic heterocycles. The number of carbonyl (C=O) groups excluding carboxylic acids is 1. The van der Waals surface area contributed by atoms with Gasteiger partial charge in [-0.05, 0) is 23.8 Å². The fraction of sp³-hybridized carbons (Fsp3) is 0.200. The minimum absolute atomic E-state index is 0.0836. The number of rotatable bonds is 5. The first-order valence-electron chi connectivity index (χ1n) is 8.92. The zero-order valence-corrected chi connectivity index (χ0v) is 15.3. The number of nitrogens with one attached hydrogen (secondary N) is 2. The second-order valence-electron chi connectivity index (χ2n) is 6.60. The minimum Gasteiger partial charge on any atom is -0.354 e. The second-order valence-corrected chi connectivity index (χ2v) is 6.60. The highest BCUT2D eigenvalue weighted by Gasteiger charge is 2.11. The van der Waals surface area contributed by atoms with Crippen LogP contribution in [0.25, 0.3) is 21.9 Å². The number of fused-ring (bicyclic) bond motifs is 2. The van der Waals surface area contributed by atoms with Gasteiger partial charge >= 0.3 is 5.69 Å². The van der Waals surface area contributed by atoms with Crippen LogP contribution in [0.5, 0.6) is 0 Å². The third-order valence-corrected chi connectivity index (χ3v) is 4.74. The van der Waals surface area contributed by atoms with Gasteiger partial charge in [-0.1, -0.05) is 18.2 Å². The number of aryl methyl sites for hydroxylation is 1. The summed E-state index contributed by atoms with van der Waals surface area (Å²) in [6.07, 6.45) is 3.68. The molecule has 0 aliphatic carbocycles. The standard InChI is InChI=1S/C20H19N5O3/c1-24-12-13(14-5-2-3-7-16(14)24)11-17(26)21-9-10-25-19(27)15-6-4-8-22-18(15)23-20(25)28/h2-8,12H,9-11H2,1H3,(H,21,26)(H,22,23,28). The molecule has 0 unspecified atom stereocenters. The summed E-state index contributed by atoms with van der Waals surface area (Å²) in [6, 6.07) is 11.1. The maximum Gasteiger partial charge on any atom is 0.330 e. The van der Waals surface area contributed by atoms with Gasteiger partial charge in [0.1, 0.15) is 5.65 Å². The van der Waals surface area contributed by atoms with Crippen molar-refractivity contribution in [1.82, 2.24) is 24.4 Å². The van der Waals surface area contributed by atoms with Crippen molar-refractivity contribution in [2.75, 3.05) is 6.54 Å². The van der Waals surface area contributed by atoms with Crippen molar-refractivity contribution < 1.29 is 4.79 Å². The molecule has 4 aromatic rings. The van der Waals surface area contributed by atoms with E-state index in [0.29, 0.717) is 5.39 Å². The average molecular weight is 377 g/mol. The van der Waals surface area contributed by atoms with Crippen LogP contribution < -0.4 is 16.6 Å². The van der Waals surface area contributed by atoms with E-state index in [1.165, 1.54) is 6.20 Å². The highest BCUT2D eigenvalue weighted by atomic mass is 16.2. The Morgan fingerprint density at radius 2 is 1.93 bits per heavy atom.